The molecule has 0 N–H and O–H groups in total. The first kappa shape index (κ1) is 12.4. The molecule has 0 amide bonds. The Kier molecular flexibility index (Phi) is 3.21. The summed E-state index contributed by atoms with van der Waals surface area (Å²) in [4.78, 5) is 11.2. The molecule has 0 heterocycles. The van der Waals surface area contributed by atoms with Crippen LogP contribution in [-0.2, 0) is 0 Å². The number of methoxy groups -OCH3 is 1. The van der Waals surface area contributed by atoms with Crippen molar-refractivity contribution in [3.05, 3.63) is 66.2 Å². The summed E-state index contributed by atoms with van der Waals surface area (Å²) < 4.78 is 5.44. The molecule has 0 bridgehead atoms. The molecule has 0 aliphatic rings. The van der Waals surface area contributed by atoms with Gasteiger partial charge in [-0.25, -0.2) is 0 Å². The number of benzene rings is 3. The van der Waals surface area contributed by atoms with Crippen molar-refractivity contribution >= 4 is 17.1 Å². The highest BCUT2D eigenvalue weighted by molar-refractivity contribution is 6.05. The van der Waals surface area contributed by atoms with E-state index in [4.69, 9.17) is 4.74 Å². The van der Waals surface area contributed by atoms with Gasteiger partial charge in [0.05, 0.1) is 7.11 Å². The number of carbonyl (C=O) groups excluding carboxylic acids is 1. The minimum atomic E-state index is 0.708. The number of fused-ring (bicyclic) bond motifs is 1. The van der Waals surface area contributed by atoms with Crippen LogP contribution in [0.1, 0.15) is 10.4 Å². The van der Waals surface area contributed by atoms with Gasteiger partial charge in [0.15, 0.2) is 6.29 Å². The van der Waals surface area contributed by atoms with Crippen molar-refractivity contribution in [1.82, 2.24) is 0 Å². The van der Waals surface area contributed by atoms with Crippen molar-refractivity contribution in [3.63, 3.8) is 0 Å². The topological polar surface area (TPSA) is 26.3 Å². The van der Waals surface area contributed by atoms with Gasteiger partial charge in [-0.2, -0.15) is 0 Å². The maximum absolute atomic E-state index is 11.2. The van der Waals surface area contributed by atoms with Crippen LogP contribution >= 0.6 is 0 Å². The third kappa shape index (κ3) is 1.95. The molecule has 0 saturated heterocycles. The standard InChI is InChI=1S/C18H14O2/c1-20-18-9-5-4-8-17(18)16-11-10-13(12-19)14-6-2-3-7-15(14)16/h2-12H,1H3. The number of ether oxygens (including phenoxy) is 1. The van der Waals surface area contributed by atoms with Crippen molar-refractivity contribution in [3.8, 4) is 16.9 Å². The minimum absolute atomic E-state index is 0.708. The molecule has 0 atom stereocenters. The highest BCUT2D eigenvalue weighted by Gasteiger charge is 2.10. The Morgan fingerprint density at radius 3 is 2.25 bits per heavy atom. The first-order valence-electron chi connectivity index (χ1n) is 6.45. The van der Waals surface area contributed by atoms with Crippen LogP contribution in [-0.4, -0.2) is 13.4 Å². The fourth-order valence-corrected chi connectivity index (χ4v) is 2.53. The molecule has 20 heavy (non-hydrogen) atoms. The summed E-state index contributed by atoms with van der Waals surface area (Å²) in [6.07, 6.45) is 0.897. The number of carbonyl (C=O) groups is 1. The summed E-state index contributed by atoms with van der Waals surface area (Å²) >= 11 is 0. The zero-order chi connectivity index (χ0) is 13.9. The van der Waals surface area contributed by atoms with Crippen LogP contribution < -0.4 is 4.74 Å². The predicted octanol–water partition coefficient (Wildman–Crippen LogP) is 4.33. The van der Waals surface area contributed by atoms with Gasteiger partial charge in [-0.05, 0) is 22.4 Å². The number of para-hydroxylation sites is 1. The van der Waals surface area contributed by atoms with E-state index in [0.717, 1.165) is 33.9 Å². The minimum Gasteiger partial charge on any atom is -0.496 e. The Labute approximate surface area is 117 Å². The van der Waals surface area contributed by atoms with Crippen LogP contribution in [0.15, 0.2) is 60.7 Å². The maximum atomic E-state index is 11.2. The van der Waals surface area contributed by atoms with E-state index in [1.807, 2.05) is 60.7 Å². The monoisotopic (exact) mass is 262 g/mol. The fourth-order valence-electron chi connectivity index (χ4n) is 2.53. The zero-order valence-corrected chi connectivity index (χ0v) is 11.2. The van der Waals surface area contributed by atoms with E-state index in [1.165, 1.54) is 0 Å². The second-order valence-electron chi connectivity index (χ2n) is 4.57. The molecular weight excluding hydrogens is 248 g/mol. The first-order valence-corrected chi connectivity index (χ1v) is 6.45. The van der Waals surface area contributed by atoms with Crippen molar-refractivity contribution in [2.75, 3.05) is 7.11 Å². The second kappa shape index (κ2) is 5.17. The van der Waals surface area contributed by atoms with Crippen LogP contribution in [0.5, 0.6) is 5.75 Å². The molecule has 3 aromatic carbocycles. The Bertz CT molecular complexity index is 775. The summed E-state index contributed by atoms with van der Waals surface area (Å²) in [5, 5.41) is 2.02. The van der Waals surface area contributed by atoms with Crippen molar-refractivity contribution < 1.29 is 9.53 Å². The lowest BCUT2D eigenvalue weighted by Crippen LogP contribution is -1.90. The maximum Gasteiger partial charge on any atom is 0.150 e. The average molecular weight is 262 g/mol. The molecule has 98 valence electrons. The Balaban J connectivity index is 2.35. The van der Waals surface area contributed by atoms with Crippen LogP contribution in [0.25, 0.3) is 21.9 Å². The molecule has 0 aliphatic carbocycles. The van der Waals surface area contributed by atoms with Gasteiger partial charge in [-0.1, -0.05) is 54.6 Å². The molecule has 0 radical (unpaired) electrons. The van der Waals surface area contributed by atoms with E-state index in [0.29, 0.717) is 5.56 Å². The van der Waals surface area contributed by atoms with E-state index in [-0.39, 0.29) is 0 Å². The zero-order valence-electron chi connectivity index (χ0n) is 11.2. The molecule has 0 aromatic heterocycles. The second-order valence-corrected chi connectivity index (χ2v) is 4.57. The summed E-state index contributed by atoms with van der Waals surface area (Å²) in [5.74, 6) is 0.830. The Morgan fingerprint density at radius 2 is 1.50 bits per heavy atom. The number of rotatable bonds is 3. The molecule has 0 fully saturated rings. The fraction of sp³-hybridized carbons (Fsp3) is 0.0556. The smallest absolute Gasteiger partial charge is 0.150 e. The van der Waals surface area contributed by atoms with E-state index in [1.54, 1.807) is 7.11 Å². The predicted molar refractivity (Wildman–Crippen MR) is 81.3 cm³/mol. The quantitative estimate of drug-likeness (QED) is 0.657. The summed E-state index contributed by atoms with van der Waals surface area (Å²) in [6.45, 7) is 0. The van der Waals surface area contributed by atoms with Gasteiger partial charge in [0.1, 0.15) is 5.75 Å². The van der Waals surface area contributed by atoms with Gasteiger partial charge in [0.25, 0.3) is 0 Å². The molecular formula is C18H14O2. The van der Waals surface area contributed by atoms with Crippen LogP contribution in [0.3, 0.4) is 0 Å². The van der Waals surface area contributed by atoms with Gasteiger partial charge < -0.3 is 4.74 Å². The highest BCUT2D eigenvalue weighted by atomic mass is 16.5. The van der Waals surface area contributed by atoms with E-state index >= 15 is 0 Å². The highest BCUT2D eigenvalue weighted by Crippen LogP contribution is 2.35. The molecule has 3 rings (SSSR count). The van der Waals surface area contributed by atoms with E-state index < -0.39 is 0 Å². The molecule has 0 spiro atoms. The summed E-state index contributed by atoms with van der Waals surface area (Å²) in [5.41, 5.74) is 2.81. The van der Waals surface area contributed by atoms with Gasteiger partial charge in [-0.3, -0.25) is 4.79 Å². The van der Waals surface area contributed by atoms with Crippen LogP contribution in [0.2, 0.25) is 0 Å². The lowest BCUT2D eigenvalue weighted by molar-refractivity contribution is 0.112. The average Bonchev–Trinajstić information content (AvgIpc) is 2.53. The number of hydrogen-bond donors (Lipinski definition) is 0. The lowest BCUT2D eigenvalue weighted by atomic mass is 9.95. The SMILES string of the molecule is COc1ccccc1-c1ccc(C=O)c2ccccc12. The summed E-state index contributed by atoms with van der Waals surface area (Å²) in [7, 11) is 1.67. The summed E-state index contributed by atoms with van der Waals surface area (Å²) in [6, 6.07) is 19.7. The van der Waals surface area contributed by atoms with Crippen molar-refractivity contribution in [2.45, 2.75) is 0 Å². The molecule has 2 heteroatoms. The van der Waals surface area contributed by atoms with Crippen molar-refractivity contribution in [1.29, 1.82) is 0 Å². The van der Waals surface area contributed by atoms with E-state index in [9.17, 15) is 4.79 Å². The molecule has 0 saturated carbocycles. The van der Waals surface area contributed by atoms with Crippen LogP contribution in [0.4, 0.5) is 0 Å². The van der Waals surface area contributed by atoms with Gasteiger partial charge in [0, 0.05) is 11.1 Å². The molecule has 2 nitrogen and oxygen atoms in total. The van der Waals surface area contributed by atoms with Gasteiger partial charge in [0.2, 0.25) is 0 Å². The first-order chi connectivity index (χ1) is 9.85. The number of hydrogen-bond acceptors (Lipinski definition) is 2. The Morgan fingerprint density at radius 1 is 0.800 bits per heavy atom. The molecule has 3 aromatic rings. The third-order valence-corrected chi connectivity index (χ3v) is 3.48. The molecule has 0 aliphatic heterocycles. The van der Waals surface area contributed by atoms with Crippen molar-refractivity contribution in [2.24, 2.45) is 0 Å². The van der Waals surface area contributed by atoms with Crippen LogP contribution in [0, 0.1) is 0 Å². The largest absolute Gasteiger partial charge is 0.496 e. The number of aldehydes is 1. The Hall–Kier alpha value is -2.61. The lowest BCUT2D eigenvalue weighted by Gasteiger charge is -2.12. The van der Waals surface area contributed by atoms with Gasteiger partial charge >= 0.3 is 0 Å². The normalized spacial score (nSPS) is 10.4. The third-order valence-electron chi connectivity index (χ3n) is 3.48. The van der Waals surface area contributed by atoms with E-state index in [2.05, 4.69) is 0 Å². The van der Waals surface area contributed by atoms with Gasteiger partial charge in [-0.15, -0.1) is 0 Å². The molecule has 0 unspecified atom stereocenters.